The third-order valence-corrected chi connectivity index (χ3v) is 6.44. The fraction of sp³-hybridized carbons (Fsp3) is 0.652. The summed E-state index contributed by atoms with van der Waals surface area (Å²) in [4.78, 5) is 29.9. The molecule has 29 heavy (non-hydrogen) atoms. The van der Waals surface area contributed by atoms with Crippen LogP contribution in [0.1, 0.15) is 44.1 Å². The minimum absolute atomic E-state index is 0.159. The van der Waals surface area contributed by atoms with Crippen LogP contribution in [0.2, 0.25) is 0 Å². The highest BCUT2D eigenvalue weighted by Gasteiger charge is 2.42. The van der Waals surface area contributed by atoms with Crippen LogP contribution in [0, 0.1) is 5.92 Å². The van der Waals surface area contributed by atoms with Crippen LogP contribution < -0.4 is 4.74 Å². The van der Waals surface area contributed by atoms with Crippen molar-refractivity contribution in [1.29, 1.82) is 0 Å². The Kier molecular flexibility index (Phi) is 6.38. The number of hydrogen-bond donors (Lipinski definition) is 0. The van der Waals surface area contributed by atoms with Gasteiger partial charge in [-0.05, 0) is 56.2 Å². The molecule has 1 aromatic rings. The van der Waals surface area contributed by atoms with Gasteiger partial charge in [0.1, 0.15) is 5.75 Å². The molecule has 4 rings (SSSR count). The molecule has 6 heteroatoms. The minimum atomic E-state index is 0.159. The number of carbonyl (C=O) groups excluding carboxylic acids is 2. The van der Waals surface area contributed by atoms with Crippen LogP contribution in [0.4, 0.5) is 0 Å². The maximum Gasteiger partial charge on any atom is 0.226 e. The summed E-state index contributed by atoms with van der Waals surface area (Å²) in [5, 5.41) is 0. The molecule has 1 unspecified atom stereocenters. The van der Waals surface area contributed by atoms with E-state index in [4.69, 9.17) is 9.47 Å². The summed E-state index contributed by atoms with van der Waals surface area (Å²) in [6.07, 6.45) is 5.97. The first-order valence-electron chi connectivity index (χ1n) is 11.0. The SMILES string of the molecule is COc1cccc(CCC(=O)N2CCC(N(C(=O)C3CC3)C3CCOCC3)C2)c1. The van der Waals surface area contributed by atoms with Crippen molar-refractivity contribution in [3.63, 3.8) is 0 Å². The number of benzene rings is 1. The number of methoxy groups -OCH3 is 1. The van der Waals surface area contributed by atoms with Gasteiger partial charge in [0, 0.05) is 44.7 Å². The van der Waals surface area contributed by atoms with E-state index in [0.29, 0.717) is 25.3 Å². The molecule has 0 N–H and O–H groups in total. The average molecular weight is 401 g/mol. The smallest absolute Gasteiger partial charge is 0.226 e. The summed E-state index contributed by atoms with van der Waals surface area (Å²) in [6.45, 7) is 2.88. The van der Waals surface area contributed by atoms with Gasteiger partial charge in [-0.15, -0.1) is 0 Å². The predicted octanol–water partition coefficient (Wildman–Crippen LogP) is 2.65. The molecule has 0 spiro atoms. The van der Waals surface area contributed by atoms with Gasteiger partial charge in [-0.25, -0.2) is 0 Å². The zero-order chi connectivity index (χ0) is 20.2. The Labute approximate surface area is 173 Å². The molecule has 3 fully saturated rings. The maximum absolute atomic E-state index is 13.0. The number of rotatable bonds is 7. The van der Waals surface area contributed by atoms with Gasteiger partial charge < -0.3 is 19.3 Å². The number of nitrogens with zero attached hydrogens (tertiary/aromatic N) is 2. The molecule has 2 aliphatic heterocycles. The molecule has 2 amide bonds. The third-order valence-electron chi connectivity index (χ3n) is 6.44. The quantitative estimate of drug-likeness (QED) is 0.706. The second-order valence-electron chi connectivity index (χ2n) is 8.50. The molecule has 2 heterocycles. The zero-order valence-corrected chi connectivity index (χ0v) is 17.3. The van der Waals surface area contributed by atoms with Gasteiger partial charge in [-0.1, -0.05) is 12.1 Å². The van der Waals surface area contributed by atoms with E-state index in [-0.39, 0.29) is 23.9 Å². The normalized spacial score (nSPS) is 22.5. The fourth-order valence-electron chi connectivity index (χ4n) is 4.60. The van der Waals surface area contributed by atoms with Gasteiger partial charge in [-0.3, -0.25) is 9.59 Å². The highest BCUT2D eigenvalue weighted by molar-refractivity contribution is 5.82. The average Bonchev–Trinajstić information content (AvgIpc) is 3.51. The standard InChI is InChI=1S/C23H32N2O4/c1-28-21-4-2-3-17(15-21)5-8-22(26)24-12-9-20(16-24)25(23(27)18-6-7-18)19-10-13-29-14-11-19/h2-4,15,18-20H,5-14,16H2,1H3. The lowest BCUT2D eigenvalue weighted by atomic mass is 10.0. The highest BCUT2D eigenvalue weighted by atomic mass is 16.5. The Morgan fingerprint density at radius 2 is 1.93 bits per heavy atom. The van der Waals surface area contributed by atoms with Gasteiger partial charge in [-0.2, -0.15) is 0 Å². The molecule has 158 valence electrons. The lowest BCUT2D eigenvalue weighted by molar-refractivity contribution is -0.140. The van der Waals surface area contributed by atoms with Crippen LogP contribution in [0.25, 0.3) is 0 Å². The molecular weight excluding hydrogens is 368 g/mol. The van der Waals surface area contributed by atoms with Crippen molar-refractivity contribution in [2.24, 2.45) is 5.92 Å². The molecule has 1 saturated carbocycles. The maximum atomic E-state index is 13.0. The van der Waals surface area contributed by atoms with E-state index < -0.39 is 0 Å². The van der Waals surface area contributed by atoms with Gasteiger partial charge in [0.15, 0.2) is 0 Å². The molecule has 1 atom stereocenters. The second kappa shape index (κ2) is 9.16. The highest BCUT2D eigenvalue weighted by Crippen LogP contribution is 2.35. The number of carbonyl (C=O) groups is 2. The predicted molar refractivity (Wildman–Crippen MR) is 110 cm³/mol. The number of likely N-dealkylation sites (tertiary alicyclic amines) is 1. The molecule has 0 radical (unpaired) electrons. The van der Waals surface area contributed by atoms with E-state index in [1.165, 1.54) is 0 Å². The summed E-state index contributed by atoms with van der Waals surface area (Å²) in [7, 11) is 1.65. The molecule has 0 bridgehead atoms. The second-order valence-corrected chi connectivity index (χ2v) is 8.50. The Morgan fingerprint density at radius 3 is 2.66 bits per heavy atom. The van der Waals surface area contributed by atoms with Crippen LogP contribution in [0.15, 0.2) is 24.3 Å². The van der Waals surface area contributed by atoms with E-state index in [1.807, 2.05) is 29.2 Å². The number of amides is 2. The summed E-state index contributed by atoms with van der Waals surface area (Å²) < 4.78 is 10.8. The Bertz CT molecular complexity index is 727. The van der Waals surface area contributed by atoms with Crippen LogP contribution in [0.3, 0.4) is 0 Å². The first kappa shape index (κ1) is 20.2. The van der Waals surface area contributed by atoms with Crippen molar-refractivity contribution >= 4 is 11.8 Å². The Balaban J connectivity index is 1.34. The lowest BCUT2D eigenvalue weighted by Crippen LogP contribution is -2.51. The van der Waals surface area contributed by atoms with E-state index in [9.17, 15) is 9.59 Å². The van der Waals surface area contributed by atoms with Crippen LogP contribution >= 0.6 is 0 Å². The Hall–Kier alpha value is -2.08. The van der Waals surface area contributed by atoms with Crippen molar-refractivity contribution < 1.29 is 19.1 Å². The molecule has 1 aliphatic carbocycles. The number of ether oxygens (including phenoxy) is 2. The summed E-state index contributed by atoms with van der Waals surface area (Å²) in [5.41, 5.74) is 1.11. The van der Waals surface area contributed by atoms with Crippen molar-refractivity contribution in [2.45, 2.75) is 57.0 Å². The first-order valence-corrected chi connectivity index (χ1v) is 11.0. The summed E-state index contributed by atoms with van der Waals surface area (Å²) in [5.74, 6) is 1.53. The van der Waals surface area contributed by atoms with E-state index in [2.05, 4.69) is 4.90 Å². The van der Waals surface area contributed by atoms with Crippen LogP contribution in [-0.4, -0.2) is 67.1 Å². The van der Waals surface area contributed by atoms with Crippen molar-refractivity contribution in [2.75, 3.05) is 33.4 Å². The molecule has 1 aromatic carbocycles. The van der Waals surface area contributed by atoms with Crippen molar-refractivity contribution in [1.82, 2.24) is 9.80 Å². The van der Waals surface area contributed by atoms with Gasteiger partial charge in [0.2, 0.25) is 11.8 Å². The fourth-order valence-corrected chi connectivity index (χ4v) is 4.60. The van der Waals surface area contributed by atoms with Crippen molar-refractivity contribution in [3.8, 4) is 5.75 Å². The summed E-state index contributed by atoms with van der Waals surface area (Å²) >= 11 is 0. The molecule has 3 aliphatic rings. The monoisotopic (exact) mass is 400 g/mol. The van der Waals surface area contributed by atoms with E-state index in [1.54, 1.807) is 7.11 Å². The molecule has 2 saturated heterocycles. The molecular formula is C23H32N2O4. The van der Waals surface area contributed by atoms with Gasteiger partial charge in [0.25, 0.3) is 0 Å². The zero-order valence-electron chi connectivity index (χ0n) is 17.3. The largest absolute Gasteiger partial charge is 0.497 e. The first-order chi connectivity index (χ1) is 14.2. The molecule has 6 nitrogen and oxygen atoms in total. The van der Waals surface area contributed by atoms with E-state index in [0.717, 1.165) is 63.2 Å². The summed E-state index contributed by atoms with van der Waals surface area (Å²) in [6, 6.07) is 8.32. The number of aryl methyl sites for hydroxylation is 1. The number of hydrogen-bond acceptors (Lipinski definition) is 4. The molecule has 0 aromatic heterocycles. The lowest BCUT2D eigenvalue weighted by Gasteiger charge is -2.38. The van der Waals surface area contributed by atoms with E-state index >= 15 is 0 Å². The topological polar surface area (TPSA) is 59.1 Å². The third kappa shape index (κ3) is 4.92. The van der Waals surface area contributed by atoms with Gasteiger partial charge >= 0.3 is 0 Å². The Morgan fingerprint density at radius 1 is 1.14 bits per heavy atom. The van der Waals surface area contributed by atoms with Crippen LogP contribution in [-0.2, 0) is 20.7 Å². The van der Waals surface area contributed by atoms with Crippen molar-refractivity contribution in [3.05, 3.63) is 29.8 Å². The van der Waals surface area contributed by atoms with Gasteiger partial charge in [0.05, 0.1) is 13.2 Å². The minimum Gasteiger partial charge on any atom is -0.497 e. The van der Waals surface area contributed by atoms with Crippen LogP contribution in [0.5, 0.6) is 5.75 Å².